The number of carbonyl (C=O) groups is 2. The van der Waals surface area contributed by atoms with Crippen LogP contribution in [0.15, 0.2) is 64.0 Å². The predicted molar refractivity (Wildman–Crippen MR) is 133 cm³/mol. The molecular weight excluding hydrogens is 559 g/mol. The second-order valence-electron chi connectivity index (χ2n) is 7.99. The minimum atomic E-state index is -4.46. The van der Waals surface area contributed by atoms with E-state index >= 15 is 0 Å². The summed E-state index contributed by atoms with van der Waals surface area (Å²) >= 11 is 3.07. The number of hydrogen-bond donors (Lipinski definition) is 4. The summed E-state index contributed by atoms with van der Waals surface area (Å²) in [7, 11) is 0. The molecule has 0 aliphatic carbocycles. The van der Waals surface area contributed by atoms with Gasteiger partial charge in [-0.15, -0.1) is 0 Å². The molecule has 13 heteroatoms. The van der Waals surface area contributed by atoms with Crippen LogP contribution in [0.3, 0.4) is 0 Å². The van der Waals surface area contributed by atoms with Crippen molar-refractivity contribution in [2.75, 3.05) is 18.5 Å². The number of aromatic amines is 1. The first kappa shape index (κ1) is 27.9. The quantitative estimate of drug-likeness (QED) is 0.350. The van der Waals surface area contributed by atoms with Gasteiger partial charge in [0, 0.05) is 29.4 Å². The van der Waals surface area contributed by atoms with Crippen molar-refractivity contribution in [1.82, 2.24) is 15.5 Å². The average Bonchev–Trinajstić information content (AvgIpc) is 3.39. The Bertz CT molecular complexity index is 1290. The number of nitrogens with one attached hydrogen (secondary N) is 3. The first-order valence-corrected chi connectivity index (χ1v) is 11.7. The van der Waals surface area contributed by atoms with E-state index in [-0.39, 0.29) is 23.1 Å². The highest BCUT2D eigenvalue weighted by Crippen LogP contribution is 2.37. The highest BCUT2D eigenvalue weighted by Gasteiger charge is 2.33. The Kier molecular flexibility index (Phi) is 9.42. The van der Waals surface area contributed by atoms with Crippen LogP contribution in [0.2, 0.25) is 0 Å². The van der Waals surface area contributed by atoms with E-state index in [1.54, 1.807) is 30.3 Å². The average molecular weight is 582 g/mol. The smallest absolute Gasteiger partial charge is 0.381 e. The second kappa shape index (κ2) is 12.5. The molecule has 1 saturated heterocycles. The Labute approximate surface area is 217 Å². The zero-order valence-electron chi connectivity index (χ0n) is 19.3. The summed E-state index contributed by atoms with van der Waals surface area (Å²) < 4.78 is 45.1. The molecule has 0 unspecified atom stereocenters. The van der Waals surface area contributed by atoms with Crippen molar-refractivity contribution in [3.05, 3.63) is 86.2 Å². The van der Waals surface area contributed by atoms with E-state index in [0.29, 0.717) is 29.9 Å². The molecule has 0 bridgehead atoms. The number of aromatic nitrogens is 2. The molecule has 2 heterocycles. The van der Waals surface area contributed by atoms with Crippen LogP contribution in [0.1, 0.15) is 27.9 Å². The number of benzene rings is 2. The molecule has 1 aliphatic rings. The first-order valence-electron chi connectivity index (χ1n) is 11.0. The molecule has 4 rings (SSSR count). The van der Waals surface area contributed by atoms with Gasteiger partial charge in [0.1, 0.15) is 0 Å². The molecule has 0 radical (unpaired) electrons. The van der Waals surface area contributed by atoms with Gasteiger partial charge in [0.25, 0.3) is 11.5 Å². The van der Waals surface area contributed by atoms with Crippen molar-refractivity contribution in [3.63, 3.8) is 0 Å². The molecule has 0 spiro atoms. The minimum absolute atomic E-state index is 0.0204. The molecule has 0 saturated carbocycles. The van der Waals surface area contributed by atoms with Crippen molar-refractivity contribution in [2.24, 2.45) is 11.7 Å². The molecule has 2 aromatic carbocycles. The van der Waals surface area contributed by atoms with Crippen LogP contribution in [0.4, 0.5) is 24.5 Å². The van der Waals surface area contributed by atoms with Gasteiger partial charge >= 0.3 is 6.18 Å². The fourth-order valence-corrected chi connectivity index (χ4v) is 3.67. The Morgan fingerprint density at radius 3 is 2.46 bits per heavy atom. The summed E-state index contributed by atoms with van der Waals surface area (Å²) in [4.78, 5) is 32.8. The maximum absolute atomic E-state index is 13.2. The number of nitrogens with zero attached hydrogens (tertiary/aromatic N) is 1. The van der Waals surface area contributed by atoms with Gasteiger partial charge in [-0.3, -0.25) is 14.4 Å². The molecule has 5 N–H and O–H groups in total. The highest BCUT2D eigenvalue weighted by molar-refractivity contribution is 9.10. The van der Waals surface area contributed by atoms with Crippen LogP contribution in [0, 0.1) is 5.92 Å². The van der Waals surface area contributed by atoms with Crippen LogP contribution in [-0.2, 0) is 22.3 Å². The van der Waals surface area contributed by atoms with E-state index in [0.717, 1.165) is 24.1 Å². The van der Waals surface area contributed by atoms with Crippen molar-refractivity contribution >= 4 is 39.1 Å². The Balaban J connectivity index is 0.000000319. The maximum atomic E-state index is 13.2. The highest BCUT2D eigenvalue weighted by atomic mass is 79.9. The Morgan fingerprint density at radius 2 is 1.89 bits per heavy atom. The summed E-state index contributed by atoms with van der Waals surface area (Å²) in [5, 5.41) is 11.1. The van der Waals surface area contributed by atoms with E-state index in [1.807, 2.05) is 0 Å². The lowest BCUT2D eigenvalue weighted by Crippen LogP contribution is -2.30. The molecule has 3 aromatic rings. The lowest BCUT2D eigenvalue weighted by atomic mass is 10.1. The normalized spacial score (nSPS) is 14.9. The van der Waals surface area contributed by atoms with E-state index in [1.165, 1.54) is 12.3 Å². The van der Waals surface area contributed by atoms with Crippen molar-refractivity contribution in [3.8, 4) is 0 Å². The van der Waals surface area contributed by atoms with Gasteiger partial charge in [-0.2, -0.15) is 18.3 Å². The largest absolute Gasteiger partial charge is 0.418 e. The summed E-state index contributed by atoms with van der Waals surface area (Å²) in [5.74, 6) is -0.804. The molecular formula is C24H23BrF3N5O4. The number of amides is 2. The third kappa shape index (κ3) is 8.43. The lowest BCUT2D eigenvalue weighted by molar-refractivity contribution is -0.137. The summed E-state index contributed by atoms with van der Waals surface area (Å²) in [6, 6.07) is 12.0. The number of nitrogens with two attached hydrogens (primary N) is 1. The van der Waals surface area contributed by atoms with E-state index in [4.69, 9.17) is 10.5 Å². The number of ether oxygens (including phenoxy) is 1. The molecule has 37 heavy (non-hydrogen) atoms. The van der Waals surface area contributed by atoms with Gasteiger partial charge in [0.05, 0.1) is 35.5 Å². The number of hydrogen-bond acceptors (Lipinski definition) is 6. The number of rotatable bonds is 6. The second-order valence-corrected chi connectivity index (χ2v) is 8.90. The van der Waals surface area contributed by atoms with Crippen LogP contribution >= 0.6 is 15.9 Å². The Morgan fingerprint density at radius 1 is 1.16 bits per heavy atom. The zero-order valence-corrected chi connectivity index (χ0v) is 20.9. The van der Waals surface area contributed by atoms with E-state index < -0.39 is 23.2 Å². The van der Waals surface area contributed by atoms with Gasteiger partial charge in [-0.1, -0.05) is 28.1 Å². The monoisotopic (exact) mass is 581 g/mol. The number of H-pyrrole nitrogens is 1. The molecule has 196 valence electrons. The topological polar surface area (TPSA) is 139 Å². The summed E-state index contributed by atoms with van der Waals surface area (Å²) in [6.07, 6.45) is -2.53. The molecule has 1 atom stereocenters. The molecule has 1 aromatic heterocycles. The van der Waals surface area contributed by atoms with Gasteiger partial charge in [0.15, 0.2) is 0 Å². The zero-order chi connectivity index (χ0) is 27.0. The first-order chi connectivity index (χ1) is 17.5. The number of carbonyl (C=O) groups excluding carboxylic acids is 2. The SMILES string of the molecule is NC(=O)c1cn[nH]c(=O)c1.O=C(NCc1ccc(Nc2ccc(Br)cc2C(F)(F)F)cc1)[C@@H]1CCOC1. The van der Waals surface area contributed by atoms with Crippen molar-refractivity contribution < 1.29 is 27.5 Å². The molecule has 1 fully saturated rings. The third-order valence-corrected chi connectivity index (χ3v) is 5.73. The van der Waals surface area contributed by atoms with Gasteiger partial charge < -0.3 is 21.1 Å². The number of anilines is 2. The van der Waals surface area contributed by atoms with Gasteiger partial charge in [-0.05, 0) is 42.3 Å². The van der Waals surface area contributed by atoms with Crippen LogP contribution in [0.5, 0.6) is 0 Å². The number of alkyl halides is 3. The standard InChI is InChI=1S/C19H18BrF3N2O2.C5H5N3O2/c20-14-3-6-17(16(9-14)19(21,22)23)25-15-4-1-12(2-5-15)10-24-18(26)13-7-8-27-11-13;6-5(10)3-1-4(9)8-7-2-3/h1-6,9,13,25H,7-8,10-11H2,(H,24,26);1-2H,(H2,6,10)(H,8,9)/t13-;/m1./s1. The number of primary amides is 1. The number of halogens is 4. The van der Waals surface area contributed by atoms with Crippen molar-refractivity contribution in [2.45, 2.75) is 19.1 Å². The van der Waals surface area contributed by atoms with Crippen LogP contribution in [-0.4, -0.2) is 35.2 Å². The maximum Gasteiger partial charge on any atom is 0.418 e. The van der Waals surface area contributed by atoms with Gasteiger partial charge in [0.2, 0.25) is 5.91 Å². The van der Waals surface area contributed by atoms with Crippen LogP contribution in [0.25, 0.3) is 0 Å². The summed E-state index contributed by atoms with van der Waals surface area (Å²) in [5.41, 5.74) is 5.16. The van der Waals surface area contributed by atoms with Gasteiger partial charge in [-0.25, -0.2) is 5.10 Å². The third-order valence-electron chi connectivity index (χ3n) is 5.24. The van der Waals surface area contributed by atoms with E-state index in [9.17, 15) is 27.6 Å². The predicted octanol–water partition coefficient (Wildman–Crippen LogP) is 3.73. The van der Waals surface area contributed by atoms with Crippen LogP contribution < -0.4 is 21.9 Å². The fraction of sp³-hybridized carbons (Fsp3) is 0.250. The fourth-order valence-electron chi connectivity index (χ4n) is 3.31. The summed E-state index contributed by atoms with van der Waals surface area (Å²) in [6.45, 7) is 1.42. The molecule has 1 aliphatic heterocycles. The molecule has 2 amide bonds. The van der Waals surface area contributed by atoms with Crippen molar-refractivity contribution in [1.29, 1.82) is 0 Å². The Hall–Kier alpha value is -3.71. The molecule has 9 nitrogen and oxygen atoms in total. The minimum Gasteiger partial charge on any atom is -0.381 e. The lowest BCUT2D eigenvalue weighted by Gasteiger charge is -2.15. The van der Waals surface area contributed by atoms with E-state index in [2.05, 4.69) is 36.8 Å².